The van der Waals surface area contributed by atoms with E-state index in [9.17, 15) is 28.2 Å². The summed E-state index contributed by atoms with van der Waals surface area (Å²) in [5, 5.41) is 20.4. The van der Waals surface area contributed by atoms with E-state index in [1.807, 2.05) is 35.1 Å². The molecule has 1 aliphatic carbocycles. The SMILES string of the molecule is CS(=O)(=O)NC(=O)CCC/C=C/C[C@@H]1C(=O)C[C@H](O)[C@@H]1/C=C/[C@H](O)COc1ccccc1. The molecule has 0 aliphatic heterocycles. The van der Waals surface area contributed by atoms with Gasteiger partial charge < -0.3 is 14.9 Å². The van der Waals surface area contributed by atoms with Crippen LogP contribution in [0.25, 0.3) is 0 Å². The lowest BCUT2D eigenvalue weighted by Gasteiger charge is -2.17. The highest BCUT2D eigenvalue weighted by molar-refractivity contribution is 7.89. The van der Waals surface area contributed by atoms with E-state index in [-0.39, 0.29) is 37.1 Å². The van der Waals surface area contributed by atoms with Gasteiger partial charge in [-0.3, -0.25) is 14.3 Å². The summed E-state index contributed by atoms with van der Waals surface area (Å²) in [7, 11) is -3.54. The average molecular weight is 466 g/mol. The lowest BCUT2D eigenvalue weighted by atomic mass is 9.90. The molecule has 1 fully saturated rings. The van der Waals surface area contributed by atoms with Crippen LogP contribution in [-0.4, -0.2) is 55.4 Å². The van der Waals surface area contributed by atoms with Crippen molar-refractivity contribution in [1.82, 2.24) is 4.72 Å². The van der Waals surface area contributed by atoms with E-state index in [0.29, 0.717) is 25.0 Å². The van der Waals surface area contributed by atoms with Gasteiger partial charge in [-0.15, -0.1) is 0 Å². The number of carbonyl (C=O) groups is 2. The Balaban J connectivity index is 1.78. The smallest absolute Gasteiger partial charge is 0.233 e. The van der Waals surface area contributed by atoms with E-state index in [0.717, 1.165) is 6.26 Å². The second-order valence-electron chi connectivity index (χ2n) is 7.89. The number of hydrogen-bond acceptors (Lipinski definition) is 7. The van der Waals surface area contributed by atoms with Gasteiger partial charge in [-0.25, -0.2) is 8.42 Å². The lowest BCUT2D eigenvalue weighted by molar-refractivity contribution is -0.121. The first-order valence-electron chi connectivity index (χ1n) is 10.6. The minimum atomic E-state index is -3.54. The van der Waals surface area contributed by atoms with Crippen LogP contribution < -0.4 is 9.46 Å². The van der Waals surface area contributed by atoms with E-state index in [1.165, 1.54) is 0 Å². The maximum Gasteiger partial charge on any atom is 0.233 e. The van der Waals surface area contributed by atoms with Crippen molar-refractivity contribution in [2.24, 2.45) is 11.8 Å². The number of para-hydroxylation sites is 1. The number of aliphatic hydroxyl groups is 2. The topological polar surface area (TPSA) is 130 Å². The van der Waals surface area contributed by atoms with Gasteiger partial charge in [-0.2, -0.15) is 0 Å². The molecule has 2 rings (SSSR count). The lowest BCUT2D eigenvalue weighted by Crippen LogP contribution is -2.28. The number of rotatable bonds is 12. The molecule has 3 N–H and O–H groups in total. The Bertz CT molecular complexity index is 912. The Hall–Kier alpha value is -2.49. The summed E-state index contributed by atoms with van der Waals surface area (Å²) >= 11 is 0. The number of benzene rings is 1. The predicted octanol–water partition coefficient (Wildman–Crippen LogP) is 1.74. The molecule has 0 aromatic heterocycles. The predicted molar refractivity (Wildman–Crippen MR) is 120 cm³/mol. The van der Waals surface area contributed by atoms with E-state index < -0.39 is 28.1 Å². The van der Waals surface area contributed by atoms with Gasteiger partial charge in [-0.05, 0) is 31.4 Å². The average Bonchev–Trinajstić information content (AvgIpc) is 2.99. The van der Waals surface area contributed by atoms with Crippen LogP contribution in [0.5, 0.6) is 5.75 Å². The molecule has 0 spiro atoms. The molecule has 0 radical (unpaired) electrons. The Morgan fingerprint density at radius 3 is 2.69 bits per heavy atom. The number of Topliss-reactive ketones (excluding diaryl/α,β-unsaturated/α-hetero) is 1. The maximum absolute atomic E-state index is 12.3. The van der Waals surface area contributed by atoms with Crippen LogP contribution in [0.2, 0.25) is 0 Å². The molecule has 1 aliphatic rings. The highest BCUT2D eigenvalue weighted by Gasteiger charge is 2.39. The Kier molecular flexibility index (Phi) is 10.1. The zero-order valence-corrected chi connectivity index (χ0v) is 18.9. The third-order valence-corrected chi connectivity index (χ3v) is 5.68. The molecule has 8 nitrogen and oxygen atoms in total. The first-order chi connectivity index (χ1) is 15.2. The minimum absolute atomic E-state index is 0.0284. The van der Waals surface area contributed by atoms with Crippen LogP contribution >= 0.6 is 0 Å². The molecule has 1 amide bonds. The fourth-order valence-corrected chi connectivity index (χ4v) is 4.05. The molecule has 0 heterocycles. The third kappa shape index (κ3) is 9.33. The summed E-state index contributed by atoms with van der Waals surface area (Å²) in [5.41, 5.74) is 0. The quantitative estimate of drug-likeness (QED) is 0.317. The van der Waals surface area contributed by atoms with Gasteiger partial charge >= 0.3 is 0 Å². The van der Waals surface area contributed by atoms with Crippen LogP contribution in [0.3, 0.4) is 0 Å². The van der Waals surface area contributed by atoms with Crippen molar-refractivity contribution in [1.29, 1.82) is 0 Å². The zero-order chi connectivity index (χ0) is 23.6. The molecule has 1 aromatic carbocycles. The molecule has 0 bridgehead atoms. The van der Waals surface area contributed by atoms with E-state index in [4.69, 9.17) is 4.74 Å². The summed E-state index contributed by atoms with van der Waals surface area (Å²) < 4.78 is 29.4. The molecular formula is C23H31NO7S. The van der Waals surface area contributed by atoms with Crippen molar-refractivity contribution in [3.05, 3.63) is 54.6 Å². The first kappa shape index (κ1) is 25.8. The fraction of sp³-hybridized carbons (Fsp3) is 0.478. The number of sulfonamides is 1. The fourth-order valence-electron chi connectivity index (χ4n) is 3.54. The number of amides is 1. The number of ketones is 1. The van der Waals surface area contributed by atoms with Crippen LogP contribution in [0.4, 0.5) is 0 Å². The van der Waals surface area contributed by atoms with Crippen molar-refractivity contribution in [2.45, 2.75) is 44.3 Å². The summed E-state index contributed by atoms with van der Waals surface area (Å²) in [6.45, 7) is 0.0642. The highest BCUT2D eigenvalue weighted by Crippen LogP contribution is 2.33. The van der Waals surface area contributed by atoms with Crippen LogP contribution in [-0.2, 0) is 19.6 Å². The van der Waals surface area contributed by atoms with E-state index in [1.54, 1.807) is 24.3 Å². The van der Waals surface area contributed by atoms with Gasteiger partial charge in [0.1, 0.15) is 24.2 Å². The van der Waals surface area contributed by atoms with Gasteiger partial charge in [0.05, 0.1) is 12.4 Å². The maximum atomic E-state index is 12.3. The van der Waals surface area contributed by atoms with Gasteiger partial charge in [0.25, 0.3) is 0 Å². The number of ether oxygens (including phenoxy) is 1. The zero-order valence-electron chi connectivity index (χ0n) is 18.1. The number of hydrogen-bond donors (Lipinski definition) is 3. The van der Waals surface area contributed by atoms with Gasteiger partial charge in [0.2, 0.25) is 15.9 Å². The molecule has 9 heteroatoms. The largest absolute Gasteiger partial charge is 0.491 e. The van der Waals surface area contributed by atoms with Crippen molar-refractivity contribution in [2.75, 3.05) is 12.9 Å². The van der Waals surface area contributed by atoms with Crippen LogP contribution in [0.1, 0.15) is 32.1 Å². The molecule has 1 saturated carbocycles. The summed E-state index contributed by atoms with van der Waals surface area (Å²) in [4.78, 5) is 23.7. The molecule has 0 unspecified atom stereocenters. The number of unbranched alkanes of at least 4 members (excludes halogenated alkanes) is 1. The second-order valence-corrected chi connectivity index (χ2v) is 9.64. The molecule has 1 aromatic rings. The molecule has 0 saturated heterocycles. The van der Waals surface area contributed by atoms with Crippen LogP contribution in [0, 0.1) is 11.8 Å². The normalized spacial score (nSPS) is 22.5. The summed E-state index contributed by atoms with van der Waals surface area (Å²) in [6, 6.07) is 9.11. The standard InChI is InChI=1S/C23H31NO7S/c1-32(29,30)24-23(28)12-8-3-2-7-11-19-20(22(27)15-21(19)26)14-13-17(25)16-31-18-9-5-4-6-10-18/h2,4-7,9-10,13-14,17,19-20,22,25,27H,3,8,11-12,15-16H2,1H3,(H,24,28)/b7-2+,14-13+/t17-,19-,20+,22-/m0/s1. The molecule has 4 atom stereocenters. The number of allylic oxidation sites excluding steroid dienone is 2. The highest BCUT2D eigenvalue weighted by atomic mass is 32.2. The molecular weight excluding hydrogens is 434 g/mol. The number of carbonyl (C=O) groups excluding carboxylic acids is 2. The molecule has 32 heavy (non-hydrogen) atoms. The monoisotopic (exact) mass is 465 g/mol. The van der Waals surface area contributed by atoms with Crippen molar-refractivity contribution in [3.63, 3.8) is 0 Å². The third-order valence-electron chi connectivity index (χ3n) is 5.08. The molecule has 176 valence electrons. The number of aliphatic hydroxyl groups excluding tert-OH is 2. The van der Waals surface area contributed by atoms with Gasteiger partial charge in [-0.1, -0.05) is 42.5 Å². The van der Waals surface area contributed by atoms with Crippen molar-refractivity contribution >= 4 is 21.7 Å². The van der Waals surface area contributed by atoms with E-state index >= 15 is 0 Å². The second kappa shape index (κ2) is 12.5. The van der Waals surface area contributed by atoms with Crippen LogP contribution in [0.15, 0.2) is 54.6 Å². The first-order valence-corrected chi connectivity index (χ1v) is 12.5. The minimum Gasteiger partial charge on any atom is -0.491 e. The Morgan fingerprint density at radius 1 is 1.28 bits per heavy atom. The summed E-state index contributed by atoms with van der Waals surface area (Å²) in [5.74, 6) is -0.700. The Labute approximate surface area is 189 Å². The Morgan fingerprint density at radius 2 is 2.00 bits per heavy atom. The van der Waals surface area contributed by atoms with E-state index in [2.05, 4.69) is 0 Å². The van der Waals surface area contributed by atoms with Gasteiger partial charge in [0, 0.05) is 24.7 Å². The van der Waals surface area contributed by atoms with Crippen molar-refractivity contribution in [3.8, 4) is 5.75 Å². The summed E-state index contributed by atoms with van der Waals surface area (Å²) in [6.07, 6.45) is 7.84. The van der Waals surface area contributed by atoms with Crippen molar-refractivity contribution < 1.29 is 33.0 Å². The van der Waals surface area contributed by atoms with Gasteiger partial charge in [0.15, 0.2) is 0 Å². The number of nitrogens with one attached hydrogen (secondary N) is 1.